The lowest BCUT2D eigenvalue weighted by atomic mass is 10.1. The molecule has 1 aromatic carbocycles. The molecular formula is C16H19N3O2. The highest BCUT2D eigenvalue weighted by Gasteiger charge is 2.18. The lowest BCUT2D eigenvalue weighted by Crippen LogP contribution is -2.18. The van der Waals surface area contributed by atoms with E-state index in [0.717, 1.165) is 18.7 Å². The Balaban J connectivity index is 1.95. The number of hydrogen-bond acceptors (Lipinski definition) is 4. The summed E-state index contributed by atoms with van der Waals surface area (Å²) in [6, 6.07) is 10.2. The van der Waals surface area contributed by atoms with Crippen molar-refractivity contribution in [3.05, 3.63) is 69.0 Å². The van der Waals surface area contributed by atoms with Gasteiger partial charge in [-0.3, -0.25) is 15.1 Å². The number of aromatic nitrogens is 1. The van der Waals surface area contributed by atoms with Crippen molar-refractivity contribution in [1.82, 2.24) is 10.3 Å². The summed E-state index contributed by atoms with van der Waals surface area (Å²) in [5, 5.41) is 14.4. The van der Waals surface area contributed by atoms with E-state index < -0.39 is 0 Å². The first-order valence-corrected chi connectivity index (χ1v) is 6.93. The molecule has 0 aliphatic rings. The zero-order valence-corrected chi connectivity index (χ0v) is 12.3. The van der Waals surface area contributed by atoms with Gasteiger partial charge >= 0.3 is 0 Å². The predicted molar refractivity (Wildman–Crippen MR) is 82.2 cm³/mol. The van der Waals surface area contributed by atoms with Crippen LogP contribution in [-0.4, -0.2) is 16.5 Å². The molecule has 2 aromatic rings. The van der Waals surface area contributed by atoms with E-state index in [1.807, 2.05) is 18.2 Å². The second kappa shape index (κ2) is 6.95. The highest BCUT2D eigenvalue weighted by molar-refractivity contribution is 5.47. The molecule has 0 saturated carbocycles. The predicted octanol–water partition coefficient (Wildman–Crippen LogP) is 2.94. The summed E-state index contributed by atoms with van der Waals surface area (Å²) in [5.41, 5.74) is 3.42. The van der Waals surface area contributed by atoms with Crippen LogP contribution in [-0.2, 0) is 13.0 Å². The van der Waals surface area contributed by atoms with E-state index in [-0.39, 0.29) is 10.6 Å². The summed E-state index contributed by atoms with van der Waals surface area (Å²) >= 11 is 0. The summed E-state index contributed by atoms with van der Waals surface area (Å²) < 4.78 is 0. The third kappa shape index (κ3) is 3.86. The molecule has 0 unspecified atom stereocenters. The van der Waals surface area contributed by atoms with Gasteiger partial charge in [0.25, 0.3) is 5.69 Å². The number of nitrogens with one attached hydrogen (secondary N) is 1. The van der Waals surface area contributed by atoms with Crippen molar-refractivity contribution in [2.75, 3.05) is 6.54 Å². The van der Waals surface area contributed by atoms with Crippen molar-refractivity contribution >= 4 is 5.69 Å². The van der Waals surface area contributed by atoms with Crippen LogP contribution in [0.5, 0.6) is 0 Å². The number of nitrogens with zero attached hydrogens (tertiary/aromatic N) is 2. The van der Waals surface area contributed by atoms with Gasteiger partial charge in [0.05, 0.1) is 10.6 Å². The quantitative estimate of drug-likeness (QED) is 0.503. The molecular weight excluding hydrogens is 266 g/mol. The van der Waals surface area contributed by atoms with E-state index in [0.29, 0.717) is 17.7 Å². The smallest absolute Gasteiger partial charge is 0.278 e. The molecule has 1 N–H and O–H groups in total. The minimum Gasteiger partial charge on any atom is -0.311 e. The molecule has 0 atom stereocenters. The van der Waals surface area contributed by atoms with Crippen LogP contribution in [0.2, 0.25) is 0 Å². The molecule has 0 fully saturated rings. The maximum Gasteiger partial charge on any atom is 0.278 e. The Bertz CT molecular complexity index is 627. The van der Waals surface area contributed by atoms with Crippen LogP contribution < -0.4 is 5.32 Å². The van der Waals surface area contributed by atoms with E-state index in [9.17, 15) is 10.1 Å². The molecule has 110 valence electrons. The first kappa shape index (κ1) is 15.1. The van der Waals surface area contributed by atoms with Crippen LogP contribution in [0.1, 0.15) is 22.4 Å². The molecule has 2 rings (SSSR count). The van der Waals surface area contributed by atoms with Crippen LogP contribution in [0, 0.1) is 24.0 Å². The molecule has 1 aromatic heterocycles. The lowest BCUT2D eigenvalue weighted by Gasteiger charge is -2.09. The summed E-state index contributed by atoms with van der Waals surface area (Å²) in [6.45, 7) is 4.82. The van der Waals surface area contributed by atoms with Crippen molar-refractivity contribution in [3.63, 3.8) is 0 Å². The van der Waals surface area contributed by atoms with Crippen LogP contribution in [0.3, 0.4) is 0 Å². The standard InChI is InChI=1S/C16H19N3O2/c1-12-10-18-15(13(2)16(12)19(20)21)11-17-9-8-14-6-4-3-5-7-14/h3-7,10,17H,8-9,11H2,1-2H3. The average Bonchev–Trinajstić information content (AvgIpc) is 2.46. The summed E-state index contributed by atoms with van der Waals surface area (Å²) in [4.78, 5) is 15.0. The summed E-state index contributed by atoms with van der Waals surface area (Å²) in [5.74, 6) is 0. The number of rotatable bonds is 6. The fraction of sp³-hybridized carbons (Fsp3) is 0.312. The van der Waals surface area contributed by atoms with Crippen LogP contribution >= 0.6 is 0 Å². The Kier molecular flexibility index (Phi) is 5.00. The largest absolute Gasteiger partial charge is 0.311 e. The SMILES string of the molecule is Cc1cnc(CNCCc2ccccc2)c(C)c1[N+](=O)[O-]. The fourth-order valence-electron chi connectivity index (χ4n) is 2.31. The number of aryl methyl sites for hydroxylation is 1. The van der Waals surface area contributed by atoms with E-state index in [4.69, 9.17) is 0 Å². The second-order valence-electron chi connectivity index (χ2n) is 5.03. The highest BCUT2D eigenvalue weighted by Crippen LogP contribution is 2.23. The molecule has 0 aliphatic heterocycles. The van der Waals surface area contributed by atoms with Gasteiger partial charge in [0.15, 0.2) is 0 Å². The van der Waals surface area contributed by atoms with E-state index in [1.165, 1.54) is 5.56 Å². The van der Waals surface area contributed by atoms with Gasteiger partial charge in [-0.2, -0.15) is 0 Å². The van der Waals surface area contributed by atoms with Gasteiger partial charge in [-0.1, -0.05) is 30.3 Å². The minimum absolute atomic E-state index is 0.171. The van der Waals surface area contributed by atoms with Gasteiger partial charge in [0.1, 0.15) is 0 Å². The molecule has 21 heavy (non-hydrogen) atoms. The maximum atomic E-state index is 11.1. The van der Waals surface area contributed by atoms with E-state index in [1.54, 1.807) is 20.0 Å². The monoisotopic (exact) mass is 285 g/mol. The summed E-state index contributed by atoms with van der Waals surface area (Å²) in [7, 11) is 0. The zero-order valence-electron chi connectivity index (χ0n) is 12.3. The molecule has 5 heteroatoms. The Labute approximate surface area is 124 Å². The number of nitro groups is 1. The van der Waals surface area contributed by atoms with Gasteiger partial charge in [-0.15, -0.1) is 0 Å². The lowest BCUT2D eigenvalue weighted by molar-refractivity contribution is -0.386. The van der Waals surface area contributed by atoms with Crippen molar-refractivity contribution in [2.45, 2.75) is 26.8 Å². The number of hydrogen-bond donors (Lipinski definition) is 1. The van der Waals surface area contributed by atoms with Crippen molar-refractivity contribution in [3.8, 4) is 0 Å². The number of benzene rings is 1. The van der Waals surface area contributed by atoms with Gasteiger partial charge in [0, 0.05) is 23.9 Å². The highest BCUT2D eigenvalue weighted by atomic mass is 16.6. The molecule has 0 saturated heterocycles. The first-order chi connectivity index (χ1) is 10.1. The third-order valence-electron chi connectivity index (χ3n) is 3.48. The Hall–Kier alpha value is -2.27. The molecule has 0 amide bonds. The van der Waals surface area contributed by atoms with Crippen molar-refractivity contribution < 1.29 is 4.92 Å². The maximum absolute atomic E-state index is 11.1. The van der Waals surface area contributed by atoms with Crippen LogP contribution in [0.25, 0.3) is 0 Å². The zero-order chi connectivity index (χ0) is 15.2. The van der Waals surface area contributed by atoms with Gasteiger partial charge in [-0.25, -0.2) is 0 Å². The summed E-state index contributed by atoms with van der Waals surface area (Å²) in [6.07, 6.45) is 2.49. The Morgan fingerprint density at radius 3 is 2.62 bits per heavy atom. The minimum atomic E-state index is -0.334. The molecule has 0 spiro atoms. The van der Waals surface area contributed by atoms with E-state index >= 15 is 0 Å². The van der Waals surface area contributed by atoms with Gasteiger partial charge in [-0.05, 0) is 32.4 Å². The second-order valence-corrected chi connectivity index (χ2v) is 5.03. The van der Waals surface area contributed by atoms with E-state index in [2.05, 4.69) is 22.4 Å². The van der Waals surface area contributed by atoms with Crippen LogP contribution in [0.4, 0.5) is 5.69 Å². The third-order valence-corrected chi connectivity index (χ3v) is 3.48. The Morgan fingerprint density at radius 1 is 1.24 bits per heavy atom. The molecule has 0 bridgehead atoms. The van der Waals surface area contributed by atoms with Gasteiger partial charge in [0.2, 0.25) is 0 Å². The van der Waals surface area contributed by atoms with Crippen molar-refractivity contribution in [1.29, 1.82) is 0 Å². The topological polar surface area (TPSA) is 68.1 Å². The van der Waals surface area contributed by atoms with Crippen molar-refractivity contribution in [2.24, 2.45) is 0 Å². The molecule has 5 nitrogen and oxygen atoms in total. The molecule has 0 radical (unpaired) electrons. The first-order valence-electron chi connectivity index (χ1n) is 6.93. The average molecular weight is 285 g/mol. The van der Waals surface area contributed by atoms with Gasteiger partial charge < -0.3 is 5.32 Å². The molecule has 1 heterocycles. The fourth-order valence-corrected chi connectivity index (χ4v) is 2.31. The Morgan fingerprint density at radius 2 is 1.95 bits per heavy atom. The number of pyridine rings is 1. The van der Waals surface area contributed by atoms with Crippen LogP contribution in [0.15, 0.2) is 36.5 Å². The molecule has 0 aliphatic carbocycles. The normalized spacial score (nSPS) is 10.6.